The highest BCUT2D eigenvalue weighted by Crippen LogP contribution is 2.29. The predicted octanol–water partition coefficient (Wildman–Crippen LogP) is 4.03. The van der Waals surface area contributed by atoms with E-state index >= 15 is 0 Å². The Morgan fingerprint density at radius 3 is 2.30 bits per heavy atom. The van der Waals surface area contributed by atoms with Crippen LogP contribution in [0.5, 0.6) is 23.0 Å². The highest BCUT2D eigenvalue weighted by molar-refractivity contribution is 6.07. The number of phenols is 1. The molecule has 2 aromatic carbocycles. The zero-order chi connectivity index (χ0) is 22.3. The molecule has 0 saturated carbocycles. The lowest BCUT2D eigenvalue weighted by molar-refractivity contribution is -0.157. The van der Waals surface area contributed by atoms with Gasteiger partial charge in [-0.2, -0.15) is 0 Å². The molecule has 0 atom stereocenters. The number of phenolic OH excluding ortho intramolecular Hbond substituents is 1. The summed E-state index contributed by atoms with van der Waals surface area (Å²) in [5.74, 6) is 0.102. The SMILES string of the molecule is COc1ccc(/C=C/C(=O)c2ccc(O)c(OCC(=O)OC(C)(C)C)c2)cc1OC. The Labute approximate surface area is 175 Å². The number of allylic oxidation sites excluding steroid dienone is 1. The minimum Gasteiger partial charge on any atom is -0.504 e. The van der Waals surface area contributed by atoms with Crippen molar-refractivity contribution in [3.8, 4) is 23.0 Å². The number of aromatic hydroxyl groups is 1. The van der Waals surface area contributed by atoms with Crippen molar-refractivity contribution >= 4 is 17.8 Å². The van der Waals surface area contributed by atoms with Crippen LogP contribution in [0.3, 0.4) is 0 Å². The normalized spacial score (nSPS) is 11.2. The maximum Gasteiger partial charge on any atom is 0.344 e. The van der Waals surface area contributed by atoms with E-state index in [9.17, 15) is 14.7 Å². The van der Waals surface area contributed by atoms with Crippen LogP contribution in [0.1, 0.15) is 36.7 Å². The van der Waals surface area contributed by atoms with E-state index in [0.29, 0.717) is 17.1 Å². The molecule has 0 aliphatic rings. The molecule has 0 fully saturated rings. The highest BCUT2D eigenvalue weighted by atomic mass is 16.6. The summed E-state index contributed by atoms with van der Waals surface area (Å²) in [5.41, 5.74) is 0.403. The predicted molar refractivity (Wildman–Crippen MR) is 112 cm³/mol. The number of hydrogen-bond acceptors (Lipinski definition) is 7. The van der Waals surface area contributed by atoms with E-state index in [1.807, 2.05) is 0 Å². The first-order valence-corrected chi connectivity index (χ1v) is 9.25. The molecule has 0 aliphatic carbocycles. The van der Waals surface area contributed by atoms with Gasteiger partial charge in [0.25, 0.3) is 0 Å². The largest absolute Gasteiger partial charge is 0.504 e. The van der Waals surface area contributed by atoms with Gasteiger partial charge in [-0.15, -0.1) is 0 Å². The lowest BCUT2D eigenvalue weighted by Crippen LogP contribution is -2.27. The van der Waals surface area contributed by atoms with E-state index in [2.05, 4.69) is 0 Å². The number of methoxy groups -OCH3 is 2. The maximum atomic E-state index is 12.5. The van der Waals surface area contributed by atoms with E-state index in [4.69, 9.17) is 18.9 Å². The molecule has 2 rings (SSSR count). The third kappa shape index (κ3) is 6.55. The smallest absolute Gasteiger partial charge is 0.344 e. The van der Waals surface area contributed by atoms with Crippen LogP contribution in [0.25, 0.3) is 6.08 Å². The van der Waals surface area contributed by atoms with Crippen LogP contribution in [-0.2, 0) is 9.53 Å². The second kappa shape index (κ2) is 9.82. The fraction of sp³-hybridized carbons (Fsp3) is 0.304. The molecular weight excluding hydrogens is 388 g/mol. The number of rotatable bonds is 8. The third-order valence-electron chi connectivity index (χ3n) is 3.84. The van der Waals surface area contributed by atoms with Crippen molar-refractivity contribution in [2.75, 3.05) is 20.8 Å². The summed E-state index contributed by atoms with van der Waals surface area (Å²) in [4.78, 5) is 24.3. The van der Waals surface area contributed by atoms with E-state index in [-0.39, 0.29) is 23.9 Å². The second-order valence-corrected chi connectivity index (χ2v) is 7.37. The topological polar surface area (TPSA) is 91.3 Å². The van der Waals surface area contributed by atoms with Crippen molar-refractivity contribution in [2.45, 2.75) is 26.4 Å². The number of benzene rings is 2. The Balaban J connectivity index is 2.10. The molecule has 0 amide bonds. The van der Waals surface area contributed by atoms with Crippen LogP contribution in [0.2, 0.25) is 0 Å². The summed E-state index contributed by atoms with van der Waals surface area (Å²) >= 11 is 0. The minimum absolute atomic E-state index is 0.0197. The van der Waals surface area contributed by atoms with Crippen molar-refractivity contribution < 1.29 is 33.6 Å². The van der Waals surface area contributed by atoms with Crippen LogP contribution in [0, 0.1) is 0 Å². The van der Waals surface area contributed by atoms with Gasteiger partial charge in [-0.3, -0.25) is 4.79 Å². The van der Waals surface area contributed by atoms with Gasteiger partial charge < -0.3 is 24.1 Å². The van der Waals surface area contributed by atoms with Gasteiger partial charge in [0, 0.05) is 5.56 Å². The average molecular weight is 414 g/mol. The van der Waals surface area contributed by atoms with Gasteiger partial charge in [0.2, 0.25) is 0 Å². The molecule has 0 aliphatic heterocycles. The average Bonchev–Trinajstić information content (AvgIpc) is 2.69. The molecule has 0 heterocycles. The summed E-state index contributed by atoms with van der Waals surface area (Å²) in [6.07, 6.45) is 3.03. The van der Waals surface area contributed by atoms with Gasteiger partial charge in [0.1, 0.15) is 5.60 Å². The number of ether oxygens (including phenoxy) is 4. The first kappa shape index (κ1) is 22.8. The Bertz CT molecular complexity index is 939. The Morgan fingerprint density at radius 2 is 1.67 bits per heavy atom. The fourth-order valence-electron chi connectivity index (χ4n) is 2.52. The van der Waals surface area contributed by atoms with E-state index in [0.717, 1.165) is 5.56 Å². The number of carbonyl (C=O) groups excluding carboxylic acids is 2. The zero-order valence-electron chi connectivity index (χ0n) is 17.7. The van der Waals surface area contributed by atoms with Crippen LogP contribution in [-0.4, -0.2) is 43.3 Å². The van der Waals surface area contributed by atoms with Crippen molar-refractivity contribution in [1.29, 1.82) is 0 Å². The van der Waals surface area contributed by atoms with Gasteiger partial charge >= 0.3 is 5.97 Å². The molecule has 1 N–H and O–H groups in total. The van der Waals surface area contributed by atoms with Crippen molar-refractivity contribution in [3.05, 3.63) is 53.6 Å². The standard InChI is InChI=1S/C23H26O7/c1-23(2,3)30-22(26)14-29-20-13-16(8-10-18(20)25)17(24)9-6-15-7-11-19(27-4)21(12-15)28-5/h6-13,25H,14H2,1-5H3/b9-6+. The molecule has 0 bridgehead atoms. The lowest BCUT2D eigenvalue weighted by atomic mass is 10.1. The Hall–Kier alpha value is -3.48. The van der Waals surface area contributed by atoms with Crippen LogP contribution in [0.15, 0.2) is 42.5 Å². The Kier molecular flexibility index (Phi) is 7.47. The summed E-state index contributed by atoms with van der Waals surface area (Å²) in [7, 11) is 3.08. The van der Waals surface area contributed by atoms with Gasteiger partial charge in [0.15, 0.2) is 35.4 Å². The van der Waals surface area contributed by atoms with E-state index < -0.39 is 11.6 Å². The number of esters is 1. The maximum absolute atomic E-state index is 12.5. The number of hydrogen-bond donors (Lipinski definition) is 1. The molecule has 0 aromatic heterocycles. The van der Waals surface area contributed by atoms with Gasteiger partial charge in [-0.1, -0.05) is 12.1 Å². The molecule has 30 heavy (non-hydrogen) atoms. The molecule has 160 valence electrons. The van der Waals surface area contributed by atoms with Crippen LogP contribution in [0.4, 0.5) is 0 Å². The first-order valence-electron chi connectivity index (χ1n) is 9.25. The highest BCUT2D eigenvalue weighted by Gasteiger charge is 2.17. The number of carbonyl (C=O) groups is 2. The lowest BCUT2D eigenvalue weighted by Gasteiger charge is -2.19. The second-order valence-electron chi connectivity index (χ2n) is 7.37. The van der Waals surface area contributed by atoms with E-state index in [1.54, 1.807) is 52.2 Å². The van der Waals surface area contributed by atoms with E-state index in [1.165, 1.54) is 31.4 Å². The summed E-state index contributed by atoms with van der Waals surface area (Å²) in [6, 6.07) is 9.46. The third-order valence-corrected chi connectivity index (χ3v) is 3.84. The molecular formula is C23H26O7. The van der Waals surface area contributed by atoms with Gasteiger partial charge in [-0.25, -0.2) is 4.79 Å². The summed E-state index contributed by atoms with van der Waals surface area (Å²) in [6.45, 7) is 4.84. The van der Waals surface area contributed by atoms with Gasteiger partial charge in [-0.05, 0) is 62.7 Å². The Morgan fingerprint density at radius 1 is 0.967 bits per heavy atom. The first-order chi connectivity index (χ1) is 14.1. The molecule has 0 radical (unpaired) electrons. The molecule has 0 unspecified atom stereocenters. The molecule has 7 nitrogen and oxygen atoms in total. The van der Waals surface area contributed by atoms with Crippen molar-refractivity contribution in [3.63, 3.8) is 0 Å². The minimum atomic E-state index is -0.644. The monoisotopic (exact) mass is 414 g/mol. The zero-order valence-corrected chi connectivity index (χ0v) is 17.7. The fourth-order valence-corrected chi connectivity index (χ4v) is 2.52. The summed E-state index contributed by atoms with van der Waals surface area (Å²) < 4.78 is 20.9. The van der Waals surface area contributed by atoms with Crippen molar-refractivity contribution in [2.24, 2.45) is 0 Å². The molecule has 0 saturated heterocycles. The van der Waals surface area contributed by atoms with Crippen molar-refractivity contribution in [1.82, 2.24) is 0 Å². The summed E-state index contributed by atoms with van der Waals surface area (Å²) in [5, 5.41) is 9.94. The molecule has 0 spiro atoms. The molecule has 2 aromatic rings. The van der Waals surface area contributed by atoms with Gasteiger partial charge in [0.05, 0.1) is 14.2 Å². The van der Waals surface area contributed by atoms with Crippen LogP contribution >= 0.6 is 0 Å². The molecule has 7 heteroatoms. The quantitative estimate of drug-likeness (QED) is 0.396. The number of ketones is 1. The van der Waals surface area contributed by atoms with Crippen LogP contribution < -0.4 is 14.2 Å².